The molecule has 1 aliphatic heterocycles. The van der Waals surface area contributed by atoms with E-state index < -0.39 is 0 Å². The third-order valence-corrected chi connectivity index (χ3v) is 5.15. The number of pyridine rings is 1. The largest absolute Gasteiger partial charge is 0.356 e. The van der Waals surface area contributed by atoms with E-state index in [1.165, 1.54) is 32.4 Å². The Hall–Kier alpha value is -1.42. The van der Waals surface area contributed by atoms with Crippen LogP contribution >= 0.6 is 24.0 Å². The molecule has 0 atom stereocenters. The first-order valence-corrected chi connectivity index (χ1v) is 9.58. The normalized spacial score (nSPS) is 16.2. The topological polar surface area (TPSA) is 69.8 Å². The minimum absolute atomic E-state index is 0. The Balaban J connectivity index is 0.00000261. The third kappa shape index (κ3) is 5.78. The van der Waals surface area contributed by atoms with Crippen LogP contribution in [0, 0.1) is 0 Å². The third-order valence-electron chi connectivity index (χ3n) is 5.15. The predicted octanol–water partition coefficient (Wildman–Crippen LogP) is 2.32. The highest BCUT2D eigenvalue weighted by molar-refractivity contribution is 14.0. The van der Waals surface area contributed by atoms with Gasteiger partial charge in [0.1, 0.15) is 5.82 Å². The van der Waals surface area contributed by atoms with E-state index in [9.17, 15) is 0 Å². The quantitative estimate of drug-likeness (QED) is 0.374. The van der Waals surface area contributed by atoms with E-state index >= 15 is 0 Å². The summed E-state index contributed by atoms with van der Waals surface area (Å²) in [6.07, 6.45) is 6.77. The van der Waals surface area contributed by atoms with Crippen molar-refractivity contribution < 1.29 is 0 Å². The Morgan fingerprint density at radius 3 is 2.67 bits per heavy atom. The van der Waals surface area contributed by atoms with Gasteiger partial charge in [0.05, 0.1) is 0 Å². The first-order chi connectivity index (χ1) is 12.6. The molecule has 3 rings (SSSR count). The molecule has 0 aliphatic carbocycles. The number of fused-ring (bicyclic) bond motifs is 1. The molecule has 2 aromatic heterocycles. The van der Waals surface area contributed by atoms with Gasteiger partial charge in [-0.2, -0.15) is 0 Å². The van der Waals surface area contributed by atoms with E-state index in [1.807, 2.05) is 35.8 Å². The average Bonchev–Trinajstić information content (AvgIpc) is 3.08. The van der Waals surface area contributed by atoms with Crippen LogP contribution < -0.4 is 10.6 Å². The molecule has 1 aliphatic rings. The molecular weight excluding hydrogens is 453 g/mol. The standard InChI is InChI=1S/C19H31N7.HI/c1-19(2,25-12-6-4-7-13-25)15-22-18(20-3)21-11-10-17-24-23-16-9-5-8-14-26(16)17;/h5,8-9,14H,4,6-7,10-13,15H2,1-3H3,(H2,20,21,22);1H. The van der Waals surface area contributed by atoms with Crippen LogP contribution in [-0.4, -0.2) is 64.2 Å². The second-order valence-corrected chi connectivity index (χ2v) is 7.51. The lowest BCUT2D eigenvalue weighted by Crippen LogP contribution is -2.55. The highest BCUT2D eigenvalue weighted by atomic mass is 127. The van der Waals surface area contributed by atoms with Crippen LogP contribution in [0.1, 0.15) is 38.9 Å². The van der Waals surface area contributed by atoms with Gasteiger partial charge in [0.2, 0.25) is 0 Å². The van der Waals surface area contributed by atoms with E-state index in [1.54, 1.807) is 0 Å². The number of nitrogens with zero attached hydrogens (tertiary/aromatic N) is 5. The Kier molecular flexibility index (Phi) is 8.28. The molecule has 0 aromatic carbocycles. The predicted molar refractivity (Wildman–Crippen MR) is 121 cm³/mol. The lowest BCUT2D eigenvalue weighted by Gasteiger charge is -2.41. The molecule has 8 heteroatoms. The van der Waals surface area contributed by atoms with Crippen LogP contribution in [0.3, 0.4) is 0 Å². The molecule has 0 spiro atoms. The fourth-order valence-corrected chi connectivity index (χ4v) is 3.49. The summed E-state index contributed by atoms with van der Waals surface area (Å²) in [5, 5.41) is 15.3. The van der Waals surface area contributed by atoms with Crippen molar-refractivity contribution in [2.75, 3.05) is 33.2 Å². The summed E-state index contributed by atoms with van der Waals surface area (Å²) in [6.45, 7) is 8.64. The van der Waals surface area contributed by atoms with Crippen molar-refractivity contribution in [2.24, 2.45) is 4.99 Å². The smallest absolute Gasteiger partial charge is 0.191 e. The molecule has 0 bridgehead atoms. The number of aliphatic imine (C=N–C) groups is 1. The summed E-state index contributed by atoms with van der Waals surface area (Å²) in [7, 11) is 1.82. The highest BCUT2D eigenvalue weighted by Gasteiger charge is 2.27. The van der Waals surface area contributed by atoms with Crippen LogP contribution in [0.5, 0.6) is 0 Å². The summed E-state index contributed by atoms with van der Waals surface area (Å²) in [6, 6.07) is 5.94. The van der Waals surface area contributed by atoms with Gasteiger partial charge >= 0.3 is 0 Å². The van der Waals surface area contributed by atoms with Crippen molar-refractivity contribution in [1.82, 2.24) is 30.1 Å². The molecule has 1 fully saturated rings. The zero-order valence-corrected chi connectivity index (χ0v) is 18.9. The fourth-order valence-electron chi connectivity index (χ4n) is 3.49. The van der Waals surface area contributed by atoms with Gasteiger partial charge in [0, 0.05) is 38.3 Å². The minimum Gasteiger partial charge on any atom is -0.356 e. The van der Waals surface area contributed by atoms with E-state index in [0.29, 0.717) is 0 Å². The Morgan fingerprint density at radius 1 is 1.15 bits per heavy atom. The molecule has 0 saturated carbocycles. The molecular formula is C19H32IN7. The van der Waals surface area contributed by atoms with Gasteiger partial charge in [0.25, 0.3) is 0 Å². The van der Waals surface area contributed by atoms with Gasteiger partial charge in [-0.3, -0.25) is 14.3 Å². The summed E-state index contributed by atoms with van der Waals surface area (Å²) >= 11 is 0. The number of piperidine rings is 1. The van der Waals surface area contributed by atoms with Gasteiger partial charge in [-0.15, -0.1) is 34.2 Å². The molecule has 150 valence electrons. The lowest BCUT2D eigenvalue weighted by molar-refractivity contribution is 0.0982. The van der Waals surface area contributed by atoms with Gasteiger partial charge in [-0.25, -0.2) is 0 Å². The number of hydrogen-bond donors (Lipinski definition) is 2. The maximum atomic E-state index is 4.35. The number of likely N-dealkylation sites (tertiary alicyclic amines) is 1. The Morgan fingerprint density at radius 2 is 1.93 bits per heavy atom. The van der Waals surface area contributed by atoms with Crippen molar-refractivity contribution in [3.63, 3.8) is 0 Å². The van der Waals surface area contributed by atoms with E-state index in [0.717, 1.165) is 36.9 Å². The van der Waals surface area contributed by atoms with E-state index in [4.69, 9.17) is 0 Å². The zero-order chi connectivity index (χ0) is 18.4. The van der Waals surface area contributed by atoms with Gasteiger partial charge in [-0.05, 0) is 51.9 Å². The second-order valence-electron chi connectivity index (χ2n) is 7.51. The SMILES string of the molecule is CN=C(NCCc1nnc2ccccn12)NCC(C)(C)N1CCCCC1.I. The number of aromatic nitrogens is 3. The van der Waals surface area contributed by atoms with Crippen molar-refractivity contribution in [3.8, 4) is 0 Å². The van der Waals surface area contributed by atoms with Crippen molar-refractivity contribution in [1.29, 1.82) is 0 Å². The summed E-state index contributed by atoms with van der Waals surface area (Å²) in [4.78, 5) is 6.93. The number of rotatable bonds is 6. The maximum Gasteiger partial charge on any atom is 0.191 e. The minimum atomic E-state index is 0. The van der Waals surface area contributed by atoms with E-state index in [-0.39, 0.29) is 29.5 Å². The zero-order valence-electron chi connectivity index (χ0n) is 16.6. The number of nitrogens with one attached hydrogen (secondary N) is 2. The first kappa shape index (κ1) is 21.9. The maximum absolute atomic E-state index is 4.35. The fraction of sp³-hybridized carbons (Fsp3) is 0.632. The Labute approximate surface area is 179 Å². The molecule has 0 unspecified atom stereocenters. The summed E-state index contributed by atoms with van der Waals surface area (Å²) in [5.41, 5.74) is 1.01. The van der Waals surface area contributed by atoms with Gasteiger partial charge in [-0.1, -0.05) is 12.5 Å². The number of guanidine groups is 1. The average molecular weight is 485 g/mol. The second kappa shape index (κ2) is 10.2. The van der Waals surface area contributed by atoms with Crippen molar-refractivity contribution in [3.05, 3.63) is 30.2 Å². The van der Waals surface area contributed by atoms with Crippen LogP contribution in [0.25, 0.3) is 5.65 Å². The van der Waals surface area contributed by atoms with Crippen LogP contribution in [0.15, 0.2) is 29.4 Å². The molecule has 27 heavy (non-hydrogen) atoms. The Bertz CT molecular complexity index is 734. The highest BCUT2D eigenvalue weighted by Crippen LogP contribution is 2.19. The monoisotopic (exact) mass is 485 g/mol. The molecule has 2 aromatic rings. The molecule has 0 radical (unpaired) electrons. The lowest BCUT2D eigenvalue weighted by atomic mass is 9.98. The van der Waals surface area contributed by atoms with E-state index in [2.05, 4.69) is 44.6 Å². The van der Waals surface area contributed by atoms with Crippen LogP contribution in [-0.2, 0) is 6.42 Å². The van der Waals surface area contributed by atoms with Crippen molar-refractivity contribution >= 4 is 35.6 Å². The summed E-state index contributed by atoms with van der Waals surface area (Å²) < 4.78 is 2.03. The molecule has 0 amide bonds. The van der Waals surface area contributed by atoms with Crippen molar-refractivity contribution in [2.45, 2.75) is 45.1 Å². The van der Waals surface area contributed by atoms with Crippen LogP contribution in [0.2, 0.25) is 0 Å². The van der Waals surface area contributed by atoms with Gasteiger partial charge < -0.3 is 10.6 Å². The molecule has 2 N–H and O–H groups in total. The number of hydrogen-bond acceptors (Lipinski definition) is 4. The van der Waals surface area contributed by atoms with Gasteiger partial charge in [0.15, 0.2) is 11.6 Å². The van der Waals surface area contributed by atoms with Crippen LogP contribution in [0.4, 0.5) is 0 Å². The summed E-state index contributed by atoms with van der Waals surface area (Å²) in [5.74, 6) is 1.79. The number of halogens is 1. The first-order valence-electron chi connectivity index (χ1n) is 9.58. The molecule has 7 nitrogen and oxygen atoms in total. The molecule has 3 heterocycles. The molecule has 1 saturated heterocycles.